The summed E-state index contributed by atoms with van der Waals surface area (Å²) in [6.07, 6.45) is 3.18. The molecule has 1 aromatic rings. The fourth-order valence-corrected chi connectivity index (χ4v) is 2.42. The first-order chi connectivity index (χ1) is 8.19. The lowest BCUT2D eigenvalue weighted by atomic mass is 9.89. The molecule has 1 aromatic carbocycles. The molecule has 2 rings (SSSR count). The van der Waals surface area contributed by atoms with E-state index in [0.29, 0.717) is 18.4 Å². The molecule has 2 N–H and O–H groups in total. The molecule has 0 heterocycles. The normalized spacial score (nSPS) is 22.9. The van der Waals surface area contributed by atoms with Crippen LogP contribution < -0.4 is 5.32 Å². The molecule has 1 fully saturated rings. The summed E-state index contributed by atoms with van der Waals surface area (Å²) in [5.41, 5.74) is 1.92. The molecule has 0 radical (unpaired) electrons. The molecule has 0 unspecified atom stereocenters. The molecule has 92 valence electrons. The number of aliphatic hydroxyl groups excluding tert-OH is 1. The van der Waals surface area contributed by atoms with Gasteiger partial charge in [0.2, 0.25) is 0 Å². The van der Waals surface area contributed by atoms with Gasteiger partial charge in [0, 0.05) is 17.4 Å². The summed E-state index contributed by atoms with van der Waals surface area (Å²) in [5, 5.41) is 12.1. The predicted molar refractivity (Wildman–Crippen MR) is 70.2 cm³/mol. The van der Waals surface area contributed by atoms with E-state index in [9.17, 15) is 4.79 Å². The van der Waals surface area contributed by atoms with Gasteiger partial charge in [-0.1, -0.05) is 12.1 Å². The standard InChI is InChI=1S/C13H17NO2S/c1-17-8-9-2-4-10(5-3-9)13(16)14-11-6-12(15)7-11/h2-5,11-12,15H,6-8H2,1H3,(H,14,16). The van der Waals surface area contributed by atoms with Gasteiger partial charge < -0.3 is 10.4 Å². The molecule has 17 heavy (non-hydrogen) atoms. The van der Waals surface area contributed by atoms with Crippen molar-refractivity contribution in [3.8, 4) is 0 Å². The van der Waals surface area contributed by atoms with Crippen LogP contribution in [-0.2, 0) is 5.75 Å². The molecule has 0 atom stereocenters. The second-order valence-corrected chi connectivity index (χ2v) is 5.29. The highest BCUT2D eigenvalue weighted by Crippen LogP contribution is 2.20. The number of benzene rings is 1. The molecule has 3 nitrogen and oxygen atoms in total. The van der Waals surface area contributed by atoms with Crippen LogP contribution in [0, 0.1) is 0 Å². The number of hydrogen-bond donors (Lipinski definition) is 2. The predicted octanol–water partition coefficient (Wildman–Crippen LogP) is 1.80. The van der Waals surface area contributed by atoms with Crippen LogP contribution in [0.2, 0.25) is 0 Å². The number of aliphatic hydroxyl groups is 1. The van der Waals surface area contributed by atoms with E-state index in [-0.39, 0.29) is 18.1 Å². The van der Waals surface area contributed by atoms with Crippen LogP contribution in [-0.4, -0.2) is 29.4 Å². The van der Waals surface area contributed by atoms with E-state index in [4.69, 9.17) is 5.11 Å². The van der Waals surface area contributed by atoms with E-state index in [1.807, 2.05) is 24.3 Å². The summed E-state index contributed by atoms with van der Waals surface area (Å²) in [5.74, 6) is 0.925. The Hall–Kier alpha value is -1.00. The van der Waals surface area contributed by atoms with Gasteiger partial charge in [0.1, 0.15) is 0 Å². The van der Waals surface area contributed by atoms with Gasteiger partial charge in [-0.05, 0) is 36.8 Å². The third-order valence-electron chi connectivity index (χ3n) is 2.98. The zero-order chi connectivity index (χ0) is 12.3. The third-order valence-corrected chi connectivity index (χ3v) is 3.60. The Kier molecular flexibility index (Phi) is 4.07. The van der Waals surface area contributed by atoms with E-state index in [1.54, 1.807) is 11.8 Å². The van der Waals surface area contributed by atoms with Crippen LogP contribution in [0.3, 0.4) is 0 Å². The molecule has 1 aliphatic carbocycles. The zero-order valence-corrected chi connectivity index (χ0v) is 10.7. The molecule has 0 bridgehead atoms. The molecule has 1 saturated carbocycles. The van der Waals surface area contributed by atoms with Crippen molar-refractivity contribution in [2.45, 2.75) is 30.7 Å². The summed E-state index contributed by atoms with van der Waals surface area (Å²) in [6, 6.07) is 7.83. The molecule has 1 aliphatic rings. The number of carbonyl (C=O) groups is 1. The second-order valence-electron chi connectivity index (χ2n) is 4.43. The van der Waals surface area contributed by atoms with Crippen molar-refractivity contribution in [3.05, 3.63) is 35.4 Å². The third kappa shape index (κ3) is 3.23. The van der Waals surface area contributed by atoms with Crippen molar-refractivity contribution in [1.29, 1.82) is 0 Å². The lowest BCUT2D eigenvalue weighted by Gasteiger charge is -2.31. The molecule has 1 amide bonds. The first kappa shape index (κ1) is 12.5. The zero-order valence-electron chi connectivity index (χ0n) is 9.85. The summed E-state index contributed by atoms with van der Waals surface area (Å²) in [4.78, 5) is 11.8. The fourth-order valence-electron chi connectivity index (χ4n) is 1.89. The van der Waals surface area contributed by atoms with E-state index in [0.717, 1.165) is 5.75 Å². The van der Waals surface area contributed by atoms with E-state index in [1.165, 1.54) is 5.56 Å². The molecular weight excluding hydrogens is 234 g/mol. The number of rotatable bonds is 4. The smallest absolute Gasteiger partial charge is 0.251 e. The number of amides is 1. The molecule has 0 aromatic heterocycles. The lowest BCUT2D eigenvalue weighted by molar-refractivity contribution is 0.0562. The summed E-state index contributed by atoms with van der Waals surface area (Å²) in [6.45, 7) is 0. The average Bonchev–Trinajstić information content (AvgIpc) is 2.28. The van der Waals surface area contributed by atoms with Gasteiger partial charge in [-0.25, -0.2) is 0 Å². The van der Waals surface area contributed by atoms with Gasteiger partial charge in [-0.3, -0.25) is 4.79 Å². The van der Waals surface area contributed by atoms with Gasteiger partial charge in [-0.15, -0.1) is 0 Å². The monoisotopic (exact) mass is 251 g/mol. The molecule has 4 heteroatoms. The van der Waals surface area contributed by atoms with Crippen LogP contribution >= 0.6 is 11.8 Å². The van der Waals surface area contributed by atoms with Gasteiger partial charge in [0.25, 0.3) is 5.91 Å². The SMILES string of the molecule is CSCc1ccc(C(=O)NC2CC(O)C2)cc1. The van der Waals surface area contributed by atoms with Crippen molar-refractivity contribution in [2.24, 2.45) is 0 Å². The van der Waals surface area contributed by atoms with Crippen molar-refractivity contribution in [1.82, 2.24) is 5.32 Å². The number of hydrogen-bond acceptors (Lipinski definition) is 3. The Balaban J connectivity index is 1.90. The van der Waals surface area contributed by atoms with Gasteiger partial charge >= 0.3 is 0 Å². The van der Waals surface area contributed by atoms with Crippen molar-refractivity contribution >= 4 is 17.7 Å². The quantitative estimate of drug-likeness (QED) is 0.858. The maximum atomic E-state index is 11.8. The Morgan fingerprint density at radius 2 is 2.06 bits per heavy atom. The van der Waals surface area contributed by atoms with Crippen LogP contribution in [0.25, 0.3) is 0 Å². The topological polar surface area (TPSA) is 49.3 Å². The minimum atomic E-state index is -0.232. The van der Waals surface area contributed by atoms with Gasteiger partial charge in [-0.2, -0.15) is 11.8 Å². The maximum Gasteiger partial charge on any atom is 0.251 e. The number of thioether (sulfide) groups is 1. The largest absolute Gasteiger partial charge is 0.393 e. The van der Waals surface area contributed by atoms with Gasteiger partial charge in [0.15, 0.2) is 0 Å². The summed E-state index contributed by atoms with van der Waals surface area (Å²) < 4.78 is 0. The van der Waals surface area contributed by atoms with Crippen LogP contribution in [0.5, 0.6) is 0 Å². The molecular formula is C13H17NO2S. The first-order valence-electron chi connectivity index (χ1n) is 5.76. The first-order valence-corrected chi connectivity index (χ1v) is 7.15. The van der Waals surface area contributed by atoms with Crippen LogP contribution in [0.1, 0.15) is 28.8 Å². The maximum absolute atomic E-state index is 11.8. The highest BCUT2D eigenvalue weighted by atomic mass is 32.2. The Morgan fingerprint density at radius 1 is 1.41 bits per heavy atom. The van der Waals surface area contributed by atoms with Crippen molar-refractivity contribution in [3.63, 3.8) is 0 Å². The van der Waals surface area contributed by atoms with E-state index in [2.05, 4.69) is 11.6 Å². The summed E-state index contributed by atoms with van der Waals surface area (Å²) >= 11 is 1.76. The Bertz CT molecular complexity index is 385. The lowest BCUT2D eigenvalue weighted by Crippen LogP contribution is -2.46. The Morgan fingerprint density at radius 3 is 2.59 bits per heavy atom. The highest BCUT2D eigenvalue weighted by molar-refractivity contribution is 7.97. The molecule has 0 spiro atoms. The highest BCUT2D eigenvalue weighted by Gasteiger charge is 2.28. The van der Waals surface area contributed by atoms with E-state index < -0.39 is 0 Å². The Labute approximate surface area is 106 Å². The minimum Gasteiger partial charge on any atom is -0.393 e. The van der Waals surface area contributed by atoms with Gasteiger partial charge in [0.05, 0.1) is 6.10 Å². The molecule has 0 aliphatic heterocycles. The second kappa shape index (κ2) is 5.56. The van der Waals surface area contributed by atoms with Crippen LogP contribution in [0.4, 0.5) is 0 Å². The number of nitrogens with one attached hydrogen (secondary N) is 1. The van der Waals surface area contributed by atoms with Crippen LogP contribution in [0.15, 0.2) is 24.3 Å². The van der Waals surface area contributed by atoms with E-state index >= 15 is 0 Å². The fraction of sp³-hybridized carbons (Fsp3) is 0.462. The average molecular weight is 251 g/mol. The van der Waals surface area contributed by atoms with Crippen molar-refractivity contribution in [2.75, 3.05) is 6.26 Å². The molecule has 0 saturated heterocycles. The summed E-state index contributed by atoms with van der Waals surface area (Å²) in [7, 11) is 0. The minimum absolute atomic E-state index is 0.0439. The van der Waals surface area contributed by atoms with Crippen molar-refractivity contribution < 1.29 is 9.90 Å². The number of carbonyl (C=O) groups excluding carboxylic acids is 1.